The first-order valence-electron chi connectivity index (χ1n) is 15.4. The van der Waals surface area contributed by atoms with Crippen LogP contribution in [0.15, 0.2) is 30.6 Å². The summed E-state index contributed by atoms with van der Waals surface area (Å²) in [6.45, 7) is 6.41. The number of aromatic hydroxyl groups is 1. The largest absolute Gasteiger partial charge is 0.508 e. The van der Waals surface area contributed by atoms with Crippen molar-refractivity contribution in [1.82, 2.24) is 24.4 Å². The monoisotopic (exact) mass is 598 g/mol. The Morgan fingerprint density at radius 2 is 2.09 bits per heavy atom. The summed E-state index contributed by atoms with van der Waals surface area (Å²) in [6, 6.07) is 6.69. The van der Waals surface area contributed by atoms with Gasteiger partial charge >= 0.3 is 0 Å². The number of hydrogen-bond acceptors (Lipinski definition) is 9. The maximum atomic E-state index is 14.7. The van der Waals surface area contributed by atoms with E-state index in [1.807, 2.05) is 4.57 Å². The first-order valence-corrected chi connectivity index (χ1v) is 15.4. The average molecular weight is 599 g/mol. The quantitative estimate of drug-likeness (QED) is 0.305. The summed E-state index contributed by atoms with van der Waals surface area (Å²) in [4.78, 5) is 19.3. The highest BCUT2D eigenvalue weighted by molar-refractivity contribution is 5.92. The maximum absolute atomic E-state index is 14.7. The van der Waals surface area contributed by atoms with Gasteiger partial charge in [0.1, 0.15) is 11.6 Å². The number of aromatic nitrogens is 4. The Hall–Kier alpha value is -3.98. The lowest BCUT2D eigenvalue weighted by molar-refractivity contribution is 0.0179. The lowest BCUT2D eigenvalue weighted by Gasteiger charge is -2.30. The molecule has 0 amide bonds. The minimum absolute atomic E-state index is 0.0722. The molecular weight excluding hydrogens is 563 g/mol. The minimum Gasteiger partial charge on any atom is -0.508 e. The molecule has 3 aliphatic heterocycles. The minimum atomic E-state index is -0.477. The van der Waals surface area contributed by atoms with Gasteiger partial charge in [-0.1, -0.05) is 12.0 Å². The Morgan fingerprint density at radius 1 is 1.18 bits per heavy atom. The first kappa shape index (κ1) is 27.6. The summed E-state index contributed by atoms with van der Waals surface area (Å²) in [6.07, 6.45) is 12.1. The van der Waals surface area contributed by atoms with E-state index in [1.54, 1.807) is 24.5 Å². The second-order valence-electron chi connectivity index (χ2n) is 12.7. The van der Waals surface area contributed by atoms with Crippen molar-refractivity contribution in [2.45, 2.75) is 44.4 Å². The second kappa shape index (κ2) is 10.9. The van der Waals surface area contributed by atoms with Gasteiger partial charge in [-0.05, 0) is 54.8 Å². The van der Waals surface area contributed by atoms with Crippen molar-refractivity contribution in [3.8, 4) is 24.0 Å². The van der Waals surface area contributed by atoms with E-state index in [0.29, 0.717) is 77.8 Å². The number of phenols is 1. The van der Waals surface area contributed by atoms with Gasteiger partial charge in [-0.2, -0.15) is 9.97 Å². The van der Waals surface area contributed by atoms with Crippen LogP contribution >= 0.6 is 0 Å². The van der Waals surface area contributed by atoms with Crippen molar-refractivity contribution in [2.75, 3.05) is 57.5 Å². The van der Waals surface area contributed by atoms with Gasteiger partial charge in [0.05, 0.1) is 44.4 Å². The molecule has 2 aromatic carbocycles. The van der Waals surface area contributed by atoms with E-state index in [-0.39, 0.29) is 23.3 Å². The molecule has 4 fully saturated rings. The number of nitrogens with zero attached hydrogens (tertiary/aromatic N) is 6. The molecule has 2 unspecified atom stereocenters. The smallest absolute Gasteiger partial charge is 0.247 e. The molecule has 2 aromatic heterocycles. The molecule has 4 aliphatic rings. The normalized spacial score (nSPS) is 22.9. The number of likely N-dealkylation sites (tertiary alicyclic amines) is 1. The highest BCUT2D eigenvalue weighted by Crippen LogP contribution is 2.48. The van der Waals surface area contributed by atoms with Gasteiger partial charge < -0.3 is 28.8 Å². The Bertz CT molecular complexity index is 1770. The molecule has 4 aromatic rings. The third kappa shape index (κ3) is 5.01. The van der Waals surface area contributed by atoms with Crippen molar-refractivity contribution in [3.63, 3.8) is 0 Å². The molecule has 8 rings (SSSR count). The fourth-order valence-corrected chi connectivity index (χ4v) is 7.02. The zero-order chi connectivity index (χ0) is 29.8. The highest BCUT2D eigenvalue weighted by atomic mass is 19.1. The Balaban J connectivity index is 1.14. The number of fused-ring (bicyclic) bond motifs is 4. The van der Waals surface area contributed by atoms with Gasteiger partial charge in [0.15, 0.2) is 11.2 Å². The van der Waals surface area contributed by atoms with E-state index >= 15 is 0 Å². The summed E-state index contributed by atoms with van der Waals surface area (Å²) >= 11 is 0. The van der Waals surface area contributed by atoms with E-state index in [1.165, 1.54) is 6.07 Å². The van der Waals surface area contributed by atoms with E-state index in [0.717, 1.165) is 51.9 Å². The van der Waals surface area contributed by atoms with Gasteiger partial charge in [-0.3, -0.25) is 4.90 Å². The molecule has 1 N–H and O–H groups in total. The van der Waals surface area contributed by atoms with Crippen LogP contribution in [-0.2, 0) is 16.0 Å². The number of ether oxygens (including phenoxy) is 3. The molecule has 0 radical (unpaired) electrons. The number of anilines is 1. The predicted molar refractivity (Wildman–Crippen MR) is 162 cm³/mol. The van der Waals surface area contributed by atoms with E-state index in [9.17, 15) is 9.50 Å². The summed E-state index contributed by atoms with van der Waals surface area (Å²) in [5, 5.41) is 11.8. The number of imidazole rings is 1. The van der Waals surface area contributed by atoms with Crippen molar-refractivity contribution in [2.24, 2.45) is 5.41 Å². The average Bonchev–Trinajstić information content (AvgIpc) is 3.35. The number of hydrogen-bond donors (Lipinski definition) is 1. The molecule has 3 saturated heterocycles. The SMILES string of the molecule is C#Cc1c(F)ccc2cc(O)cc(Cn3cnc4c(OCC5(CN6CC7CC6CO7)CC5)nc(N5CCCOCC5)nc43)c12. The summed E-state index contributed by atoms with van der Waals surface area (Å²) in [5.74, 6) is 3.12. The van der Waals surface area contributed by atoms with Crippen LogP contribution in [0, 0.1) is 23.6 Å². The number of halogens is 1. The molecule has 11 heteroatoms. The zero-order valence-corrected chi connectivity index (χ0v) is 24.5. The molecule has 10 nitrogen and oxygen atoms in total. The summed E-state index contributed by atoms with van der Waals surface area (Å²) in [7, 11) is 0. The topological polar surface area (TPSA) is 98.0 Å². The van der Waals surface area contributed by atoms with Crippen LogP contribution in [0.4, 0.5) is 10.3 Å². The van der Waals surface area contributed by atoms with Gasteiger partial charge in [0, 0.05) is 49.6 Å². The molecule has 0 spiro atoms. The fraction of sp³-hybridized carbons (Fsp3) is 0.485. The van der Waals surface area contributed by atoms with Crippen LogP contribution in [0.2, 0.25) is 0 Å². The van der Waals surface area contributed by atoms with E-state index in [4.69, 9.17) is 35.6 Å². The number of terminal acetylenes is 1. The zero-order valence-electron chi connectivity index (χ0n) is 24.5. The second-order valence-corrected chi connectivity index (χ2v) is 12.7. The molecule has 44 heavy (non-hydrogen) atoms. The Labute approximate surface area is 254 Å². The predicted octanol–water partition coefficient (Wildman–Crippen LogP) is 3.71. The number of rotatable bonds is 8. The maximum Gasteiger partial charge on any atom is 0.247 e. The van der Waals surface area contributed by atoms with Crippen LogP contribution in [0.5, 0.6) is 11.6 Å². The lowest BCUT2D eigenvalue weighted by Crippen LogP contribution is -2.42. The molecule has 228 valence electrons. The van der Waals surface area contributed by atoms with Crippen LogP contribution in [0.1, 0.15) is 36.8 Å². The lowest BCUT2D eigenvalue weighted by atomic mass is 9.98. The molecule has 1 saturated carbocycles. The van der Waals surface area contributed by atoms with Gasteiger partial charge in [0.25, 0.3) is 0 Å². The highest BCUT2D eigenvalue weighted by Gasteiger charge is 2.49. The summed E-state index contributed by atoms with van der Waals surface area (Å²) < 4.78 is 34.7. The van der Waals surface area contributed by atoms with Crippen LogP contribution in [0.3, 0.4) is 0 Å². The molecule has 5 heterocycles. The molecule has 2 bridgehead atoms. The number of morpholine rings is 1. The van der Waals surface area contributed by atoms with Gasteiger partial charge in [-0.25, -0.2) is 9.37 Å². The van der Waals surface area contributed by atoms with Crippen molar-refractivity contribution in [1.29, 1.82) is 0 Å². The van der Waals surface area contributed by atoms with Crippen LogP contribution in [-0.4, -0.2) is 94.3 Å². The standard InChI is InChI=1S/C33H35FN6O4/c1-2-26-27(34)5-4-21-12-24(41)13-22(28(21)26)15-40-20-35-29-30(40)36-32(38-8-3-10-42-11-9-38)37-31(29)44-19-33(6-7-33)18-39-16-25-14-23(39)17-43-25/h1,4-5,12-13,20,23,25,41H,3,6-11,14-19H2. The van der Waals surface area contributed by atoms with E-state index < -0.39 is 5.82 Å². The van der Waals surface area contributed by atoms with Crippen molar-refractivity contribution >= 4 is 27.9 Å². The Morgan fingerprint density at radius 3 is 2.89 bits per heavy atom. The van der Waals surface area contributed by atoms with Crippen LogP contribution < -0.4 is 9.64 Å². The summed E-state index contributed by atoms with van der Waals surface area (Å²) in [5.41, 5.74) is 2.11. The molecule has 2 atom stereocenters. The van der Waals surface area contributed by atoms with Gasteiger partial charge in [-0.15, -0.1) is 6.42 Å². The molecular formula is C33H35FN6O4. The van der Waals surface area contributed by atoms with Gasteiger partial charge in [0.2, 0.25) is 11.8 Å². The van der Waals surface area contributed by atoms with Crippen LogP contribution in [0.25, 0.3) is 21.9 Å². The number of phenolic OH excluding ortho intramolecular Hbond substituents is 1. The Kier molecular flexibility index (Phi) is 6.81. The number of benzene rings is 2. The third-order valence-corrected chi connectivity index (χ3v) is 9.57. The van der Waals surface area contributed by atoms with E-state index in [2.05, 4.69) is 15.7 Å². The third-order valence-electron chi connectivity index (χ3n) is 9.57. The fourth-order valence-electron chi connectivity index (χ4n) is 7.02. The molecule has 1 aliphatic carbocycles. The first-order chi connectivity index (χ1) is 21.5. The van der Waals surface area contributed by atoms with Crippen molar-refractivity contribution < 1.29 is 23.7 Å². The van der Waals surface area contributed by atoms with Crippen molar-refractivity contribution in [3.05, 3.63) is 47.5 Å².